The monoisotopic (exact) mass is 498 g/mol. The van der Waals surface area contributed by atoms with Crippen molar-refractivity contribution >= 4 is 32.7 Å². The summed E-state index contributed by atoms with van der Waals surface area (Å²) in [5.74, 6) is -0.299. The Morgan fingerprint density at radius 2 is 1.80 bits per heavy atom. The van der Waals surface area contributed by atoms with Crippen LogP contribution >= 0.6 is 0 Å². The van der Waals surface area contributed by atoms with Crippen molar-refractivity contribution in [1.82, 2.24) is 18.7 Å². The fourth-order valence-electron chi connectivity index (χ4n) is 5.07. The lowest BCUT2D eigenvalue weighted by Gasteiger charge is -2.38. The van der Waals surface area contributed by atoms with Gasteiger partial charge in [-0.3, -0.25) is 9.59 Å². The summed E-state index contributed by atoms with van der Waals surface area (Å²) in [6, 6.07) is 10.5. The van der Waals surface area contributed by atoms with Gasteiger partial charge >= 0.3 is 0 Å². The maximum Gasteiger partial charge on any atom is 0.289 e. The van der Waals surface area contributed by atoms with Gasteiger partial charge in [0.25, 0.3) is 5.91 Å². The van der Waals surface area contributed by atoms with E-state index in [4.69, 9.17) is 4.42 Å². The molecule has 9 nitrogen and oxygen atoms in total. The number of aryl methyl sites for hydroxylation is 1. The summed E-state index contributed by atoms with van der Waals surface area (Å²) in [5, 5.41) is 0.888. The van der Waals surface area contributed by atoms with E-state index in [1.54, 1.807) is 34.1 Å². The van der Waals surface area contributed by atoms with E-state index in [0.717, 1.165) is 17.4 Å². The third-order valence-corrected chi connectivity index (χ3v) is 8.93. The molecule has 2 fully saturated rings. The minimum Gasteiger partial charge on any atom is -0.459 e. The van der Waals surface area contributed by atoms with Crippen LogP contribution in [0.3, 0.4) is 0 Å². The zero-order valence-corrected chi connectivity index (χ0v) is 20.6. The van der Waals surface area contributed by atoms with Gasteiger partial charge in [-0.05, 0) is 56.2 Å². The molecule has 186 valence electrons. The first-order chi connectivity index (χ1) is 16.9. The number of hydrogen-bond acceptors (Lipinski definition) is 5. The smallest absolute Gasteiger partial charge is 0.289 e. The number of rotatable bonds is 5. The highest BCUT2D eigenvalue weighted by Gasteiger charge is 2.36. The third-order valence-electron chi connectivity index (χ3n) is 7.06. The molecule has 10 heteroatoms. The van der Waals surface area contributed by atoms with Crippen LogP contribution in [-0.4, -0.2) is 78.2 Å². The van der Waals surface area contributed by atoms with E-state index in [2.05, 4.69) is 4.57 Å². The van der Waals surface area contributed by atoms with Crippen LogP contribution < -0.4 is 0 Å². The molecule has 0 unspecified atom stereocenters. The minimum atomic E-state index is -3.70. The average molecular weight is 499 g/mol. The molecule has 0 spiro atoms. The second-order valence-corrected chi connectivity index (χ2v) is 11.1. The van der Waals surface area contributed by atoms with Crippen molar-refractivity contribution in [2.45, 2.75) is 31.2 Å². The Morgan fingerprint density at radius 3 is 2.51 bits per heavy atom. The largest absolute Gasteiger partial charge is 0.459 e. The average Bonchev–Trinajstić information content (AvgIpc) is 3.58. The van der Waals surface area contributed by atoms with Crippen molar-refractivity contribution < 1.29 is 22.4 Å². The number of aromatic nitrogens is 1. The number of nitrogens with zero attached hydrogens (tertiary/aromatic N) is 4. The molecule has 4 heterocycles. The first-order valence-corrected chi connectivity index (χ1v) is 13.5. The zero-order valence-electron chi connectivity index (χ0n) is 19.8. The number of hydrogen-bond donors (Lipinski definition) is 0. The van der Waals surface area contributed by atoms with Crippen LogP contribution in [-0.2, 0) is 21.4 Å². The van der Waals surface area contributed by atoms with E-state index >= 15 is 0 Å². The van der Waals surface area contributed by atoms with Gasteiger partial charge < -0.3 is 18.8 Å². The summed E-state index contributed by atoms with van der Waals surface area (Å²) in [7, 11) is -3.70. The van der Waals surface area contributed by atoms with Crippen LogP contribution in [0.2, 0.25) is 0 Å². The van der Waals surface area contributed by atoms with Gasteiger partial charge in [-0.25, -0.2) is 8.42 Å². The van der Waals surface area contributed by atoms with E-state index < -0.39 is 10.0 Å². The number of piperidine rings is 1. The summed E-state index contributed by atoms with van der Waals surface area (Å²) in [6.07, 6.45) is 4.73. The SMILES string of the molecule is CCn1ccc2cc(S(=O)(=O)N3CCC[C@@H](C(=O)N4CCN(C(=O)c5ccco5)CC4)C3)ccc21. The van der Waals surface area contributed by atoms with Gasteiger partial charge in [0, 0.05) is 62.9 Å². The van der Waals surface area contributed by atoms with Crippen molar-refractivity contribution in [2.75, 3.05) is 39.3 Å². The Hall–Kier alpha value is -3.11. The molecule has 0 radical (unpaired) electrons. The molecular formula is C25H30N4O5S. The Balaban J connectivity index is 1.24. The molecule has 5 rings (SSSR count). The Morgan fingerprint density at radius 1 is 1.03 bits per heavy atom. The number of benzene rings is 1. The highest BCUT2D eigenvalue weighted by molar-refractivity contribution is 7.89. The lowest BCUT2D eigenvalue weighted by Crippen LogP contribution is -2.54. The maximum absolute atomic E-state index is 13.4. The molecule has 35 heavy (non-hydrogen) atoms. The molecule has 0 N–H and O–H groups in total. The van der Waals surface area contributed by atoms with Crippen molar-refractivity contribution in [3.8, 4) is 0 Å². The van der Waals surface area contributed by atoms with E-state index in [9.17, 15) is 18.0 Å². The van der Waals surface area contributed by atoms with Gasteiger partial charge in [-0.2, -0.15) is 4.31 Å². The van der Waals surface area contributed by atoms with Gasteiger partial charge in [-0.1, -0.05) is 0 Å². The van der Waals surface area contributed by atoms with Crippen LogP contribution in [0.15, 0.2) is 58.2 Å². The molecule has 2 amide bonds. The minimum absolute atomic E-state index is 0.0366. The number of fused-ring (bicyclic) bond motifs is 1. The zero-order chi connectivity index (χ0) is 24.6. The molecule has 3 aromatic rings. The molecule has 0 aliphatic carbocycles. The first kappa shape index (κ1) is 23.6. The normalized spacial score (nSPS) is 19.9. The molecule has 2 saturated heterocycles. The predicted molar refractivity (Wildman–Crippen MR) is 130 cm³/mol. The van der Waals surface area contributed by atoms with Gasteiger partial charge in [0.1, 0.15) is 0 Å². The summed E-state index contributed by atoms with van der Waals surface area (Å²) in [6.45, 7) is 5.17. The predicted octanol–water partition coefficient (Wildman–Crippen LogP) is 2.64. The Labute approximate surface area is 204 Å². The maximum atomic E-state index is 13.4. The van der Waals surface area contributed by atoms with Crippen LogP contribution in [0, 0.1) is 5.92 Å². The van der Waals surface area contributed by atoms with E-state index in [1.807, 2.05) is 25.3 Å². The van der Waals surface area contributed by atoms with Crippen LogP contribution in [0.4, 0.5) is 0 Å². The van der Waals surface area contributed by atoms with Crippen LogP contribution in [0.1, 0.15) is 30.3 Å². The Bertz CT molecular complexity index is 1320. The van der Waals surface area contributed by atoms with Gasteiger partial charge in [0.05, 0.1) is 17.1 Å². The second-order valence-electron chi connectivity index (χ2n) is 9.12. The summed E-state index contributed by atoms with van der Waals surface area (Å²) in [5.41, 5.74) is 1.00. The fraction of sp³-hybridized carbons (Fsp3) is 0.440. The number of furan rings is 1. The molecule has 2 aromatic heterocycles. The highest BCUT2D eigenvalue weighted by Crippen LogP contribution is 2.28. The van der Waals surface area contributed by atoms with Gasteiger partial charge in [0.2, 0.25) is 15.9 Å². The number of carbonyl (C=O) groups excluding carboxylic acids is 2. The van der Waals surface area contributed by atoms with Crippen LogP contribution in [0.5, 0.6) is 0 Å². The topological polar surface area (TPSA) is 96.1 Å². The lowest BCUT2D eigenvalue weighted by atomic mass is 9.97. The third kappa shape index (κ3) is 4.48. The van der Waals surface area contributed by atoms with E-state index in [-0.39, 0.29) is 29.2 Å². The molecule has 0 saturated carbocycles. The van der Waals surface area contributed by atoms with E-state index in [0.29, 0.717) is 51.3 Å². The fourth-order valence-corrected chi connectivity index (χ4v) is 6.63. The number of amides is 2. The quantitative estimate of drug-likeness (QED) is 0.539. The summed E-state index contributed by atoms with van der Waals surface area (Å²) < 4.78 is 35.6. The summed E-state index contributed by atoms with van der Waals surface area (Å²) >= 11 is 0. The molecule has 0 bridgehead atoms. The summed E-state index contributed by atoms with van der Waals surface area (Å²) in [4.78, 5) is 29.4. The lowest BCUT2D eigenvalue weighted by molar-refractivity contribution is -0.138. The van der Waals surface area contributed by atoms with Crippen LogP contribution in [0.25, 0.3) is 10.9 Å². The molecule has 1 aromatic carbocycles. The first-order valence-electron chi connectivity index (χ1n) is 12.1. The second kappa shape index (κ2) is 9.50. The standard InChI is InChI=1S/C25H30N4O5S/c1-2-26-11-9-19-17-21(7-8-22(19)26)35(32,33)29-10-3-5-20(18-29)24(30)27-12-14-28(15-13-27)25(31)23-6-4-16-34-23/h4,6-9,11,16-17,20H,2-3,5,10,12-15,18H2,1H3/t20-/m1/s1. The Kier molecular flexibility index (Phi) is 6.41. The van der Waals surface area contributed by atoms with Crippen molar-refractivity contribution in [3.63, 3.8) is 0 Å². The van der Waals surface area contributed by atoms with E-state index in [1.165, 1.54) is 10.6 Å². The molecule has 1 atom stereocenters. The number of sulfonamides is 1. The van der Waals surface area contributed by atoms with Crippen molar-refractivity contribution in [3.05, 3.63) is 54.6 Å². The molecule has 2 aliphatic rings. The molecule has 2 aliphatic heterocycles. The molecular weight excluding hydrogens is 468 g/mol. The van der Waals surface area contributed by atoms with Gasteiger partial charge in [-0.15, -0.1) is 0 Å². The van der Waals surface area contributed by atoms with Gasteiger partial charge in [0.15, 0.2) is 5.76 Å². The highest BCUT2D eigenvalue weighted by atomic mass is 32.2. The van der Waals surface area contributed by atoms with Crippen molar-refractivity contribution in [1.29, 1.82) is 0 Å². The number of piperazine rings is 1. The number of carbonyl (C=O) groups is 2. The van der Waals surface area contributed by atoms with Crippen molar-refractivity contribution in [2.24, 2.45) is 5.92 Å².